The first-order valence-corrected chi connectivity index (χ1v) is 8.57. The molecule has 0 aliphatic carbocycles. The molecule has 1 N–H and O–H groups in total. The average Bonchev–Trinajstić information content (AvgIpc) is 3.25. The molecular weight excluding hydrogens is 383 g/mol. The van der Waals surface area contributed by atoms with E-state index in [1.807, 2.05) is 0 Å². The molecule has 140 valence electrons. The van der Waals surface area contributed by atoms with Gasteiger partial charge in [0, 0.05) is 5.56 Å². The van der Waals surface area contributed by atoms with Gasteiger partial charge in [-0.25, -0.2) is 14.3 Å². The first-order valence-electron chi connectivity index (χ1n) is 8.16. The summed E-state index contributed by atoms with van der Waals surface area (Å²) in [4.78, 5) is 12.8. The SMILES string of the molecule is Cc1nn(-c2ccc(-c3n[nH]c(=S)o3)cc2)c(=O)n1/N=C/c1ccc(F)cc1. The lowest BCUT2D eigenvalue weighted by Gasteiger charge is -2.00. The van der Waals surface area contributed by atoms with Crippen LogP contribution in [-0.4, -0.2) is 30.9 Å². The summed E-state index contributed by atoms with van der Waals surface area (Å²) >= 11 is 4.86. The quantitative estimate of drug-likeness (QED) is 0.423. The van der Waals surface area contributed by atoms with Gasteiger partial charge in [-0.2, -0.15) is 14.5 Å². The molecule has 10 heteroatoms. The molecule has 2 heterocycles. The Hall–Kier alpha value is -3.66. The Balaban J connectivity index is 1.64. The van der Waals surface area contributed by atoms with Gasteiger partial charge in [0.2, 0.25) is 5.89 Å². The number of aryl methyl sites for hydroxylation is 1. The first kappa shape index (κ1) is 17.7. The van der Waals surface area contributed by atoms with E-state index in [0.29, 0.717) is 28.5 Å². The van der Waals surface area contributed by atoms with E-state index in [9.17, 15) is 9.18 Å². The van der Waals surface area contributed by atoms with Crippen LogP contribution in [0.25, 0.3) is 17.1 Å². The number of nitrogens with one attached hydrogen (secondary N) is 1. The lowest BCUT2D eigenvalue weighted by Crippen LogP contribution is -2.21. The van der Waals surface area contributed by atoms with Crippen LogP contribution in [0.5, 0.6) is 0 Å². The Morgan fingerprint density at radius 3 is 2.54 bits per heavy atom. The van der Waals surface area contributed by atoms with E-state index in [4.69, 9.17) is 16.6 Å². The Morgan fingerprint density at radius 2 is 1.89 bits per heavy atom. The van der Waals surface area contributed by atoms with Crippen molar-refractivity contribution < 1.29 is 8.81 Å². The van der Waals surface area contributed by atoms with Crippen molar-refractivity contribution in [3.05, 3.63) is 81.1 Å². The molecule has 0 bridgehead atoms. The summed E-state index contributed by atoms with van der Waals surface area (Å²) in [6.07, 6.45) is 1.47. The summed E-state index contributed by atoms with van der Waals surface area (Å²) < 4.78 is 20.6. The molecule has 0 atom stereocenters. The zero-order chi connectivity index (χ0) is 19.7. The van der Waals surface area contributed by atoms with E-state index in [2.05, 4.69) is 20.4 Å². The lowest BCUT2D eigenvalue weighted by molar-refractivity contribution is 0.552. The number of hydrogen-bond donors (Lipinski definition) is 1. The molecule has 0 unspecified atom stereocenters. The van der Waals surface area contributed by atoms with Crippen LogP contribution in [0.3, 0.4) is 0 Å². The van der Waals surface area contributed by atoms with Gasteiger partial charge in [-0.05, 0) is 61.1 Å². The highest BCUT2D eigenvalue weighted by atomic mass is 32.1. The molecule has 0 radical (unpaired) electrons. The predicted octanol–water partition coefficient (Wildman–Crippen LogP) is 3.08. The number of aromatic amines is 1. The largest absolute Gasteiger partial charge is 0.409 e. The molecule has 0 saturated carbocycles. The Labute approximate surface area is 162 Å². The van der Waals surface area contributed by atoms with Gasteiger partial charge in [-0.15, -0.1) is 10.2 Å². The van der Waals surface area contributed by atoms with E-state index in [-0.39, 0.29) is 10.7 Å². The van der Waals surface area contributed by atoms with Crippen molar-refractivity contribution in [1.82, 2.24) is 24.7 Å². The number of nitrogens with zero attached hydrogens (tertiary/aromatic N) is 5. The Morgan fingerprint density at radius 1 is 1.18 bits per heavy atom. The number of hydrogen-bond acceptors (Lipinski definition) is 6. The van der Waals surface area contributed by atoms with E-state index >= 15 is 0 Å². The van der Waals surface area contributed by atoms with Crippen molar-refractivity contribution in [3.63, 3.8) is 0 Å². The maximum absolute atomic E-state index is 13.0. The van der Waals surface area contributed by atoms with Crippen LogP contribution >= 0.6 is 12.2 Å². The van der Waals surface area contributed by atoms with Crippen molar-refractivity contribution in [1.29, 1.82) is 0 Å². The van der Waals surface area contributed by atoms with Gasteiger partial charge >= 0.3 is 5.69 Å². The highest BCUT2D eigenvalue weighted by molar-refractivity contribution is 7.71. The third-order valence-corrected chi connectivity index (χ3v) is 4.08. The summed E-state index contributed by atoms with van der Waals surface area (Å²) in [5, 5.41) is 14.9. The van der Waals surface area contributed by atoms with Crippen molar-refractivity contribution in [2.24, 2.45) is 5.10 Å². The van der Waals surface area contributed by atoms with Crippen molar-refractivity contribution in [2.75, 3.05) is 0 Å². The fourth-order valence-corrected chi connectivity index (χ4v) is 2.66. The Kier molecular flexibility index (Phi) is 4.53. The van der Waals surface area contributed by atoms with E-state index in [1.54, 1.807) is 43.3 Å². The molecular formula is C18H13FN6O2S. The second-order valence-electron chi connectivity index (χ2n) is 5.81. The van der Waals surface area contributed by atoms with Crippen LogP contribution in [0.4, 0.5) is 4.39 Å². The number of H-pyrrole nitrogens is 1. The molecule has 0 aliphatic heterocycles. The maximum atomic E-state index is 13.0. The van der Waals surface area contributed by atoms with Crippen LogP contribution < -0.4 is 5.69 Å². The lowest BCUT2D eigenvalue weighted by atomic mass is 10.2. The van der Waals surface area contributed by atoms with Gasteiger partial charge in [0.1, 0.15) is 5.82 Å². The fourth-order valence-electron chi connectivity index (χ4n) is 2.53. The molecule has 2 aromatic carbocycles. The van der Waals surface area contributed by atoms with Crippen LogP contribution in [0.15, 0.2) is 62.8 Å². The summed E-state index contributed by atoms with van der Waals surface area (Å²) in [5.74, 6) is 0.424. The molecule has 0 aliphatic rings. The molecule has 28 heavy (non-hydrogen) atoms. The second kappa shape index (κ2) is 7.16. The molecule has 4 rings (SSSR count). The van der Waals surface area contributed by atoms with Crippen LogP contribution in [0.1, 0.15) is 11.4 Å². The number of halogens is 1. The highest BCUT2D eigenvalue weighted by Gasteiger charge is 2.12. The van der Waals surface area contributed by atoms with Crippen LogP contribution in [0, 0.1) is 17.6 Å². The second-order valence-corrected chi connectivity index (χ2v) is 6.19. The van der Waals surface area contributed by atoms with Gasteiger partial charge in [-0.1, -0.05) is 12.1 Å². The average molecular weight is 396 g/mol. The minimum Gasteiger partial charge on any atom is -0.409 e. The van der Waals surface area contributed by atoms with Gasteiger partial charge < -0.3 is 4.42 Å². The molecule has 2 aromatic heterocycles. The van der Waals surface area contributed by atoms with Gasteiger partial charge in [0.15, 0.2) is 5.82 Å². The molecule has 0 saturated heterocycles. The normalized spacial score (nSPS) is 11.4. The number of benzene rings is 2. The van der Waals surface area contributed by atoms with Gasteiger partial charge in [0.05, 0.1) is 11.9 Å². The standard InChI is InChI=1S/C18H13FN6O2S/c1-11-23-25(15-8-4-13(5-9-15)16-21-22-17(28)27-16)18(26)24(11)20-10-12-2-6-14(19)7-3-12/h2-10H,1H3,(H,22,28)/b20-10+. The molecule has 8 nitrogen and oxygen atoms in total. The molecule has 0 amide bonds. The zero-order valence-electron chi connectivity index (χ0n) is 14.5. The Bertz CT molecular complexity index is 1270. The first-order chi connectivity index (χ1) is 13.5. The third kappa shape index (κ3) is 3.45. The van der Waals surface area contributed by atoms with E-state index in [1.165, 1.54) is 27.7 Å². The smallest absolute Gasteiger partial charge is 0.371 e. The van der Waals surface area contributed by atoms with Gasteiger partial charge in [0.25, 0.3) is 4.84 Å². The van der Waals surface area contributed by atoms with Gasteiger partial charge in [-0.3, -0.25) is 0 Å². The molecule has 4 aromatic rings. The third-order valence-electron chi connectivity index (χ3n) is 3.90. The van der Waals surface area contributed by atoms with E-state index < -0.39 is 5.69 Å². The predicted molar refractivity (Wildman–Crippen MR) is 103 cm³/mol. The summed E-state index contributed by atoms with van der Waals surface area (Å²) in [5.41, 5.74) is 1.49. The minimum absolute atomic E-state index is 0.184. The maximum Gasteiger partial charge on any atom is 0.371 e. The van der Waals surface area contributed by atoms with Crippen molar-refractivity contribution in [3.8, 4) is 17.1 Å². The van der Waals surface area contributed by atoms with E-state index in [0.717, 1.165) is 0 Å². The van der Waals surface area contributed by atoms with Crippen LogP contribution in [-0.2, 0) is 0 Å². The topological polar surface area (TPSA) is 94.0 Å². The minimum atomic E-state index is -0.430. The molecule has 0 fully saturated rings. The summed E-state index contributed by atoms with van der Waals surface area (Å²) in [7, 11) is 0. The highest BCUT2D eigenvalue weighted by Crippen LogP contribution is 2.18. The summed E-state index contributed by atoms with van der Waals surface area (Å²) in [6.45, 7) is 1.67. The van der Waals surface area contributed by atoms with Crippen molar-refractivity contribution in [2.45, 2.75) is 6.92 Å². The fraction of sp³-hybridized carbons (Fsp3) is 0.0556. The molecule has 0 spiro atoms. The zero-order valence-corrected chi connectivity index (χ0v) is 15.4. The monoisotopic (exact) mass is 396 g/mol. The van der Waals surface area contributed by atoms with Crippen molar-refractivity contribution >= 4 is 18.4 Å². The number of rotatable bonds is 4. The number of aromatic nitrogens is 5. The van der Waals surface area contributed by atoms with Crippen LogP contribution in [0.2, 0.25) is 0 Å². The summed E-state index contributed by atoms with van der Waals surface area (Å²) in [6, 6.07) is 12.7.